The van der Waals surface area contributed by atoms with E-state index in [1.54, 1.807) is 0 Å². The molecular weight excluding hydrogens is 1100 g/mol. The van der Waals surface area contributed by atoms with Gasteiger partial charge in [-0.1, -0.05) is 437 Å². The Bertz CT molecular complexity index is 1370. The van der Waals surface area contributed by atoms with Crippen molar-refractivity contribution in [2.45, 2.75) is 501 Å². The first kappa shape index (κ1) is 88.6. The zero-order chi connectivity index (χ0) is 64.9. The number of esters is 1. The number of hydrogen-bond donors (Lipinski definition) is 3. The van der Waals surface area contributed by atoms with Gasteiger partial charge in [-0.2, -0.15) is 0 Å². The molecule has 3 N–H and O–H groups in total. The smallest absolute Gasteiger partial charge is 0.305 e. The molecule has 2 unspecified atom stereocenters. The number of hydrogen-bond acceptors (Lipinski definition) is 5. The normalized spacial score (nSPS) is 12.4. The molecule has 0 aromatic rings. The molecule has 0 rings (SSSR count). The largest absolute Gasteiger partial charge is 0.466 e. The molecule has 0 saturated heterocycles. The third kappa shape index (κ3) is 75.6. The van der Waals surface area contributed by atoms with Crippen LogP contribution in [-0.2, 0) is 14.3 Å². The van der Waals surface area contributed by atoms with Crippen molar-refractivity contribution in [3.05, 3.63) is 12.2 Å². The number of amides is 1. The summed E-state index contributed by atoms with van der Waals surface area (Å²) in [5.74, 6) is -0.000951. The van der Waals surface area contributed by atoms with E-state index >= 15 is 0 Å². The maximum Gasteiger partial charge on any atom is 0.305 e. The highest BCUT2D eigenvalue weighted by atomic mass is 16.5. The number of carbonyl (C=O) groups is 2. The summed E-state index contributed by atoms with van der Waals surface area (Å²) >= 11 is 0. The highest BCUT2D eigenvalue weighted by Gasteiger charge is 2.20. The van der Waals surface area contributed by atoms with Crippen molar-refractivity contribution >= 4 is 11.9 Å². The van der Waals surface area contributed by atoms with Gasteiger partial charge in [-0.15, -0.1) is 0 Å². The molecule has 6 heteroatoms. The Labute approximate surface area is 565 Å². The van der Waals surface area contributed by atoms with Crippen LogP contribution in [0.4, 0.5) is 0 Å². The van der Waals surface area contributed by atoms with Crippen molar-refractivity contribution in [1.82, 2.24) is 5.32 Å². The van der Waals surface area contributed by atoms with Crippen molar-refractivity contribution < 1.29 is 24.5 Å². The predicted molar refractivity (Wildman–Crippen MR) is 398 cm³/mol. The van der Waals surface area contributed by atoms with Gasteiger partial charge in [0.1, 0.15) is 0 Å². The average molecular weight is 1270 g/mol. The summed E-state index contributed by atoms with van der Waals surface area (Å²) in [4.78, 5) is 24.6. The van der Waals surface area contributed by atoms with E-state index in [2.05, 4.69) is 31.3 Å². The second-order valence-corrected chi connectivity index (χ2v) is 29.2. The Morgan fingerprint density at radius 2 is 0.522 bits per heavy atom. The molecular formula is C84H165NO5. The molecule has 536 valence electrons. The topological polar surface area (TPSA) is 95.9 Å². The Morgan fingerprint density at radius 1 is 0.300 bits per heavy atom. The highest BCUT2D eigenvalue weighted by molar-refractivity contribution is 5.76. The second kappa shape index (κ2) is 80.0. The fourth-order valence-corrected chi connectivity index (χ4v) is 13.7. The third-order valence-corrected chi connectivity index (χ3v) is 20.1. The quantitative estimate of drug-likeness (QED) is 0.0320. The lowest BCUT2D eigenvalue weighted by molar-refractivity contribution is -0.143. The van der Waals surface area contributed by atoms with Gasteiger partial charge in [0.15, 0.2) is 0 Å². The zero-order valence-electron chi connectivity index (χ0n) is 61.7. The standard InChI is InChI=1S/C84H165NO5/c1-3-5-7-9-11-13-15-16-17-18-19-20-38-41-44-47-50-53-57-60-64-68-72-76-82(87)81(80-86)85-83(88)77-73-69-65-61-58-54-51-48-45-42-39-36-34-32-30-28-26-24-22-21-23-25-27-29-31-33-35-37-40-43-46-49-52-55-59-63-67-71-75-79-90-84(89)78-74-70-66-62-56-14-12-10-8-6-4-2/h21-22,81-82,86-87H,3-20,23-80H2,1-2H3,(H,85,88)/b22-21-. The zero-order valence-corrected chi connectivity index (χ0v) is 61.7. The van der Waals surface area contributed by atoms with Crippen LogP contribution in [0.15, 0.2) is 12.2 Å². The van der Waals surface area contributed by atoms with Crippen LogP contribution >= 0.6 is 0 Å². The van der Waals surface area contributed by atoms with Crippen LogP contribution in [0.1, 0.15) is 489 Å². The number of rotatable bonds is 80. The maximum atomic E-state index is 12.6. The Balaban J connectivity index is 3.33. The van der Waals surface area contributed by atoms with Crippen molar-refractivity contribution in [1.29, 1.82) is 0 Å². The molecule has 0 fully saturated rings. The average Bonchev–Trinajstić information content (AvgIpc) is 3.62. The number of aliphatic hydroxyl groups is 2. The van der Waals surface area contributed by atoms with Gasteiger partial charge >= 0.3 is 5.97 Å². The van der Waals surface area contributed by atoms with Gasteiger partial charge in [0.25, 0.3) is 0 Å². The molecule has 6 nitrogen and oxygen atoms in total. The van der Waals surface area contributed by atoms with Crippen LogP contribution in [0, 0.1) is 0 Å². The molecule has 2 atom stereocenters. The van der Waals surface area contributed by atoms with E-state index in [0.717, 1.165) is 38.5 Å². The molecule has 0 aliphatic heterocycles. The van der Waals surface area contributed by atoms with Crippen LogP contribution in [-0.4, -0.2) is 47.4 Å². The van der Waals surface area contributed by atoms with Crippen LogP contribution in [0.2, 0.25) is 0 Å². The number of allylic oxidation sites excluding steroid dienone is 2. The SMILES string of the molecule is CCCCCCCCCCCCCCCCCCCCCCCCCC(O)C(CO)NC(=O)CCCCCCCCCCCCCCCCCCC/C=C\CCCCCCCCCCCCCCCCCCCCOC(=O)CCCCCCCCCCCCC. The Kier molecular flexibility index (Phi) is 78.8. The van der Waals surface area contributed by atoms with E-state index < -0.39 is 12.1 Å². The first-order chi connectivity index (χ1) is 44.5. The lowest BCUT2D eigenvalue weighted by Gasteiger charge is -2.22. The Hall–Kier alpha value is -1.40. The second-order valence-electron chi connectivity index (χ2n) is 29.2. The number of aliphatic hydroxyl groups excluding tert-OH is 2. The number of ether oxygens (including phenoxy) is 1. The summed E-state index contributed by atoms with van der Waals surface area (Å²) in [6, 6.07) is -0.539. The fraction of sp³-hybridized carbons (Fsp3) is 0.952. The summed E-state index contributed by atoms with van der Waals surface area (Å²) in [6.07, 6.45) is 102. The van der Waals surface area contributed by atoms with Gasteiger partial charge in [-0.05, 0) is 51.4 Å². The maximum absolute atomic E-state index is 12.6. The molecule has 0 spiro atoms. The lowest BCUT2D eigenvalue weighted by Crippen LogP contribution is -2.45. The summed E-state index contributed by atoms with van der Waals surface area (Å²) in [6.45, 7) is 5.01. The summed E-state index contributed by atoms with van der Waals surface area (Å²) in [5, 5.41) is 23.5. The minimum absolute atomic E-state index is 0.0233. The number of nitrogens with one attached hydrogen (secondary N) is 1. The first-order valence-electron chi connectivity index (χ1n) is 41.9. The van der Waals surface area contributed by atoms with Crippen molar-refractivity contribution in [3.63, 3.8) is 0 Å². The molecule has 0 bridgehead atoms. The predicted octanol–water partition coefficient (Wildman–Crippen LogP) is 27.8. The molecule has 0 radical (unpaired) electrons. The molecule has 0 aromatic heterocycles. The highest BCUT2D eigenvalue weighted by Crippen LogP contribution is 2.21. The molecule has 90 heavy (non-hydrogen) atoms. The van der Waals surface area contributed by atoms with Crippen molar-refractivity contribution in [3.8, 4) is 0 Å². The first-order valence-corrected chi connectivity index (χ1v) is 41.9. The van der Waals surface area contributed by atoms with Gasteiger partial charge in [0, 0.05) is 12.8 Å². The van der Waals surface area contributed by atoms with Crippen LogP contribution in [0.25, 0.3) is 0 Å². The minimum atomic E-state index is -0.662. The van der Waals surface area contributed by atoms with Crippen molar-refractivity contribution in [2.75, 3.05) is 13.2 Å². The minimum Gasteiger partial charge on any atom is -0.466 e. The molecule has 0 aromatic carbocycles. The third-order valence-electron chi connectivity index (χ3n) is 20.1. The van der Waals surface area contributed by atoms with Crippen LogP contribution < -0.4 is 5.32 Å². The number of unbranched alkanes of at least 4 members (excludes halogenated alkanes) is 67. The van der Waals surface area contributed by atoms with E-state index in [4.69, 9.17) is 4.74 Å². The van der Waals surface area contributed by atoms with Gasteiger partial charge < -0.3 is 20.3 Å². The van der Waals surface area contributed by atoms with Gasteiger partial charge in [0.05, 0.1) is 25.4 Å². The van der Waals surface area contributed by atoms with Crippen LogP contribution in [0.3, 0.4) is 0 Å². The molecule has 0 heterocycles. The van der Waals surface area contributed by atoms with E-state index in [9.17, 15) is 19.8 Å². The van der Waals surface area contributed by atoms with E-state index in [1.165, 1.54) is 417 Å². The van der Waals surface area contributed by atoms with E-state index in [1.807, 2.05) is 0 Å². The molecule has 0 aliphatic carbocycles. The van der Waals surface area contributed by atoms with Gasteiger partial charge in [-0.3, -0.25) is 9.59 Å². The molecule has 0 saturated carbocycles. The van der Waals surface area contributed by atoms with Gasteiger partial charge in [-0.25, -0.2) is 0 Å². The molecule has 1 amide bonds. The number of carbonyl (C=O) groups excluding carboxylic acids is 2. The fourth-order valence-electron chi connectivity index (χ4n) is 13.7. The van der Waals surface area contributed by atoms with Gasteiger partial charge in [0.2, 0.25) is 5.91 Å². The lowest BCUT2D eigenvalue weighted by atomic mass is 10.0. The Morgan fingerprint density at radius 3 is 0.789 bits per heavy atom. The summed E-state index contributed by atoms with van der Waals surface area (Å²) in [7, 11) is 0. The monoisotopic (exact) mass is 1270 g/mol. The van der Waals surface area contributed by atoms with Crippen molar-refractivity contribution in [2.24, 2.45) is 0 Å². The van der Waals surface area contributed by atoms with E-state index in [-0.39, 0.29) is 18.5 Å². The molecule has 0 aliphatic rings. The van der Waals surface area contributed by atoms with Crippen LogP contribution in [0.5, 0.6) is 0 Å². The summed E-state index contributed by atoms with van der Waals surface area (Å²) < 4.78 is 5.48. The summed E-state index contributed by atoms with van der Waals surface area (Å²) in [5.41, 5.74) is 0. The van der Waals surface area contributed by atoms with E-state index in [0.29, 0.717) is 25.9 Å².